The summed E-state index contributed by atoms with van der Waals surface area (Å²) in [4.78, 5) is 32.7. The number of hydrogen-bond donors (Lipinski definition) is 1. The van der Waals surface area contributed by atoms with Crippen LogP contribution in [0.4, 0.5) is 11.6 Å². The van der Waals surface area contributed by atoms with E-state index in [0.29, 0.717) is 11.6 Å². The normalized spacial score (nSPS) is 10.3. The van der Waals surface area contributed by atoms with Gasteiger partial charge in [0.1, 0.15) is 0 Å². The molecular weight excluding hydrogens is 334 g/mol. The molecule has 0 atom stereocenters. The molecule has 0 aliphatic heterocycles. The molecule has 0 aliphatic rings. The van der Waals surface area contributed by atoms with Crippen LogP contribution in [0.2, 0.25) is 5.02 Å². The van der Waals surface area contributed by atoms with Crippen LogP contribution in [0.25, 0.3) is 0 Å². The zero-order valence-electron chi connectivity index (χ0n) is 13.4. The summed E-state index contributed by atoms with van der Waals surface area (Å²) in [7, 11) is 3.65. The van der Waals surface area contributed by atoms with Crippen molar-refractivity contribution in [2.75, 3.05) is 19.0 Å². The first-order valence-corrected chi connectivity index (χ1v) is 7.39. The van der Waals surface area contributed by atoms with Gasteiger partial charge < -0.3 is 10.2 Å². The van der Waals surface area contributed by atoms with Gasteiger partial charge in [-0.25, -0.2) is 9.97 Å². The highest BCUT2D eigenvalue weighted by Crippen LogP contribution is 2.22. The van der Waals surface area contributed by atoms with Crippen LogP contribution in [0.5, 0.6) is 0 Å². The van der Waals surface area contributed by atoms with Crippen molar-refractivity contribution in [2.24, 2.45) is 0 Å². The lowest BCUT2D eigenvalue weighted by Gasteiger charge is -2.13. The predicted molar refractivity (Wildman–Crippen MR) is 90.4 cm³/mol. The lowest BCUT2D eigenvalue weighted by Crippen LogP contribution is -2.24. The number of anilines is 1. The lowest BCUT2D eigenvalue weighted by molar-refractivity contribution is -0.384. The lowest BCUT2D eigenvalue weighted by atomic mass is 10.2. The van der Waals surface area contributed by atoms with Gasteiger partial charge in [0.2, 0.25) is 5.95 Å². The minimum absolute atomic E-state index is 0.0227. The molecule has 2 rings (SSSR count). The van der Waals surface area contributed by atoms with E-state index in [0.717, 1.165) is 11.8 Å². The number of rotatable bonds is 5. The summed E-state index contributed by atoms with van der Waals surface area (Å²) in [6.07, 6.45) is 0. The van der Waals surface area contributed by atoms with Crippen LogP contribution in [-0.2, 0) is 6.54 Å². The number of aryl methyl sites for hydroxylation is 1. The van der Waals surface area contributed by atoms with Crippen LogP contribution < -0.4 is 10.2 Å². The van der Waals surface area contributed by atoms with Crippen molar-refractivity contribution >= 4 is 29.1 Å². The third-order valence-corrected chi connectivity index (χ3v) is 3.45. The largest absolute Gasteiger partial charge is 0.347 e. The van der Waals surface area contributed by atoms with Crippen molar-refractivity contribution in [3.05, 3.63) is 56.4 Å². The summed E-state index contributed by atoms with van der Waals surface area (Å²) >= 11 is 5.94. The van der Waals surface area contributed by atoms with Crippen molar-refractivity contribution < 1.29 is 9.72 Å². The molecule has 1 amide bonds. The topological polar surface area (TPSA) is 101 Å². The first-order chi connectivity index (χ1) is 11.3. The molecule has 0 radical (unpaired) electrons. The molecule has 0 fully saturated rings. The van der Waals surface area contributed by atoms with Crippen LogP contribution in [-0.4, -0.2) is 34.9 Å². The molecule has 1 N–H and O–H groups in total. The number of aromatic nitrogens is 2. The fraction of sp³-hybridized carbons (Fsp3) is 0.267. The Kier molecular flexibility index (Phi) is 5.30. The van der Waals surface area contributed by atoms with Crippen LogP contribution in [0, 0.1) is 17.0 Å². The number of nitrogens with zero attached hydrogens (tertiary/aromatic N) is 4. The maximum absolute atomic E-state index is 12.2. The van der Waals surface area contributed by atoms with Gasteiger partial charge in [0.15, 0.2) is 0 Å². The molecule has 24 heavy (non-hydrogen) atoms. The Balaban J connectivity index is 2.12. The molecule has 9 heteroatoms. The van der Waals surface area contributed by atoms with Gasteiger partial charge in [-0.3, -0.25) is 14.9 Å². The predicted octanol–water partition coefficient (Wildman–Crippen LogP) is 2.34. The SMILES string of the molecule is Cc1cc(CNC(=O)c2ccc([N+](=O)[O-])cc2Cl)nc(N(C)C)n1. The molecule has 2 aromatic rings. The van der Waals surface area contributed by atoms with Crippen molar-refractivity contribution in [2.45, 2.75) is 13.5 Å². The van der Waals surface area contributed by atoms with Crippen LogP contribution in [0.3, 0.4) is 0 Å². The zero-order valence-corrected chi connectivity index (χ0v) is 14.2. The van der Waals surface area contributed by atoms with E-state index in [1.54, 1.807) is 11.0 Å². The maximum atomic E-state index is 12.2. The second-order valence-corrected chi connectivity index (χ2v) is 5.71. The second-order valence-electron chi connectivity index (χ2n) is 5.30. The molecule has 1 heterocycles. The van der Waals surface area contributed by atoms with Gasteiger partial charge in [0.05, 0.1) is 27.7 Å². The molecule has 8 nitrogen and oxygen atoms in total. The second kappa shape index (κ2) is 7.22. The molecule has 0 saturated heterocycles. The molecular formula is C15H16ClN5O3. The molecule has 0 aliphatic carbocycles. The summed E-state index contributed by atoms with van der Waals surface area (Å²) < 4.78 is 0. The van der Waals surface area contributed by atoms with E-state index in [2.05, 4.69) is 15.3 Å². The highest BCUT2D eigenvalue weighted by atomic mass is 35.5. The number of hydrogen-bond acceptors (Lipinski definition) is 6. The number of amides is 1. The van der Waals surface area contributed by atoms with Crippen molar-refractivity contribution in [3.63, 3.8) is 0 Å². The zero-order chi connectivity index (χ0) is 17.9. The molecule has 0 unspecified atom stereocenters. The number of benzene rings is 1. The van der Waals surface area contributed by atoms with Crippen molar-refractivity contribution in [3.8, 4) is 0 Å². The van der Waals surface area contributed by atoms with E-state index in [4.69, 9.17) is 11.6 Å². The summed E-state index contributed by atoms with van der Waals surface area (Å²) in [5.41, 5.74) is 1.43. The smallest absolute Gasteiger partial charge is 0.270 e. The van der Waals surface area contributed by atoms with Gasteiger partial charge in [-0.05, 0) is 19.1 Å². The first kappa shape index (κ1) is 17.6. The molecule has 1 aromatic carbocycles. The van der Waals surface area contributed by atoms with E-state index in [9.17, 15) is 14.9 Å². The number of non-ortho nitro benzene ring substituents is 1. The van der Waals surface area contributed by atoms with Crippen LogP contribution >= 0.6 is 11.6 Å². The Morgan fingerprint density at radius 3 is 2.62 bits per heavy atom. The van der Waals surface area contributed by atoms with Gasteiger partial charge in [-0.15, -0.1) is 0 Å². The summed E-state index contributed by atoms with van der Waals surface area (Å²) in [6, 6.07) is 5.48. The number of nitrogens with one attached hydrogen (secondary N) is 1. The quantitative estimate of drug-likeness (QED) is 0.656. The van der Waals surface area contributed by atoms with E-state index in [-0.39, 0.29) is 22.8 Å². The minimum atomic E-state index is -0.569. The monoisotopic (exact) mass is 349 g/mol. The molecule has 1 aromatic heterocycles. The molecule has 126 valence electrons. The summed E-state index contributed by atoms with van der Waals surface area (Å²) in [5, 5.41) is 13.4. The molecule has 0 saturated carbocycles. The average molecular weight is 350 g/mol. The Morgan fingerprint density at radius 2 is 2.04 bits per heavy atom. The summed E-state index contributed by atoms with van der Waals surface area (Å²) in [5.74, 6) is 0.116. The minimum Gasteiger partial charge on any atom is -0.347 e. The fourth-order valence-corrected chi connectivity index (χ4v) is 2.24. The van der Waals surface area contributed by atoms with Crippen LogP contribution in [0.15, 0.2) is 24.3 Å². The Morgan fingerprint density at radius 1 is 1.33 bits per heavy atom. The highest BCUT2D eigenvalue weighted by molar-refractivity contribution is 6.34. The number of carbonyl (C=O) groups excluding carboxylic acids is 1. The number of halogens is 1. The first-order valence-electron chi connectivity index (χ1n) is 7.02. The van der Waals surface area contributed by atoms with Gasteiger partial charge >= 0.3 is 0 Å². The van der Waals surface area contributed by atoms with Gasteiger partial charge in [-0.2, -0.15) is 0 Å². The Bertz CT molecular complexity index is 795. The number of nitro groups is 1. The Labute approximate surface area is 143 Å². The molecule has 0 spiro atoms. The third kappa shape index (κ3) is 4.17. The van der Waals surface area contributed by atoms with Gasteiger partial charge in [-0.1, -0.05) is 11.6 Å². The fourth-order valence-electron chi connectivity index (χ4n) is 1.98. The summed E-state index contributed by atoms with van der Waals surface area (Å²) in [6.45, 7) is 2.03. The standard InChI is InChI=1S/C15H16ClN5O3/c1-9-6-10(19-15(18-9)20(2)3)8-17-14(22)12-5-4-11(21(23)24)7-13(12)16/h4-7H,8H2,1-3H3,(H,17,22). The van der Waals surface area contributed by atoms with Gasteiger partial charge in [0, 0.05) is 31.9 Å². The van der Waals surface area contributed by atoms with Crippen molar-refractivity contribution in [1.82, 2.24) is 15.3 Å². The number of nitro benzene ring substituents is 1. The van der Waals surface area contributed by atoms with Crippen LogP contribution in [0.1, 0.15) is 21.7 Å². The average Bonchev–Trinajstić information content (AvgIpc) is 2.51. The number of carbonyl (C=O) groups is 1. The van der Waals surface area contributed by atoms with E-state index in [1.165, 1.54) is 12.1 Å². The van der Waals surface area contributed by atoms with E-state index < -0.39 is 10.8 Å². The maximum Gasteiger partial charge on any atom is 0.270 e. The Hall–Kier alpha value is -2.74. The van der Waals surface area contributed by atoms with E-state index >= 15 is 0 Å². The van der Waals surface area contributed by atoms with Crippen molar-refractivity contribution in [1.29, 1.82) is 0 Å². The van der Waals surface area contributed by atoms with Gasteiger partial charge in [0.25, 0.3) is 11.6 Å². The highest BCUT2D eigenvalue weighted by Gasteiger charge is 2.15. The molecule has 0 bridgehead atoms. The van der Waals surface area contributed by atoms with E-state index in [1.807, 2.05) is 21.0 Å². The third-order valence-electron chi connectivity index (χ3n) is 3.13.